The molecule has 0 aliphatic carbocycles. The van der Waals surface area contributed by atoms with Gasteiger partial charge in [-0.3, -0.25) is 0 Å². The molecular weight excluding hydrogens is 292 g/mol. The van der Waals surface area contributed by atoms with E-state index in [2.05, 4.69) is 29.8 Å². The highest BCUT2D eigenvalue weighted by atomic mass is 79.9. The van der Waals surface area contributed by atoms with Crippen molar-refractivity contribution in [3.63, 3.8) is 0 Å². The first-order valence-electron chi connectivity index (χ1n) is 6.77. The monoisotopic (exact) mass is 312 g/mol. The van der Waals surface area contributed by atoms with Gasteiger partial charge in [0.15, 0.2) is 0 Å². The van der Waals surface area contributed by atoms with Crippen molar-refractivity contribution in [3.05, 3.63) is 28.2 Å². The normalized spacial score (nSPS) is 21.2. The molecular formula is C15H21BrO2. The van der Waals surface area contributed by atoms with Gasteiger partial charge in [-0.05, 0) is 31.0 Å². The predicted octanol–water partition coefficient (Wildman–Crippen LogP) is 4.60. The summed E-state index contributed by atoms with van der Waals surface area (Å²) >= 11 is 3.44. The molecule has 2 nitrogen and oxygen atoms in total. The van der Waals surface area contributed by atoms with Crippen LogP contribution in [0.3, 0.4) is 0 Å². The highest BCUT2D eigenvalue weighted by Gasteiger charge is 2.39. The fourth-order valence-corrected chi connectivity index (χ4v) is 3.33. The standard InChI is InChI=1S/C15H21BrO2/c1-3-7-15(8-4-2)10-13(17)12-9-11(16)5-6-14(12)18-15/h5-6,9,13,17H,3-4,7-8,10H2,1-2H3. The second kappa shape index (κ2) is 5.62. The Morgan fingerprint density at radius 2 is 2.00 bits per heavy atom. The summed E-state index contributed by atoms with van der Waals surface area (Å²) in [4.78, 5) is 0. The topological polar surface area (TPSA) is 29.5 Å². The van der Waals surface area contributed by atoms with Crippen molar-refractivity contribution >= 4 is 15.9 Å². The number of hydrogen-bond acceptors (Lipinski definition) is 2. The molecule has 100 valence electrons. The fraction of sp³-hybridized carbons (Fsp3) is 0.600. The number of hydrogen-bond donors (Lipinski definition) is 1. The molecule has 1 aromatic rings. The summed E-state index contributed by atoms with van der Waals surface area (Å²) in [6, 6.07) is 5.89. The molecule has 18 heavy (non-hydrogen) atoms. The lowest BCUT2D eigenvalue weighted by Gasteiger charge is -2.41. The van der Waals surface area contributed by atoms with Crippen molar-refractivity contribution in [3.8, 4) is 5.75 Å². The van der Waals surface area contributed by atoms with E-state index in [4.69, 9.17) is 4.74 Å². The van der Waals surface area contributed by atoms with Gasteiger partial charge in [-0.15, -0.1) is 0 Å². The number of aliphatic hydroxyl groups excluding tert-OH is 1. The van der Waals surface area contributed by atoms with Crippen LogP contribution in [-0.2, 0) is 0 Å². The molecule has 1 atom stereocenters. The zero-order valence-corrected chi connectivity index (χ0v) is 12.7. The quantitative estimate of drug-likeness (QED) is 0.880. The number of rotatable bonds is 4. The van der Waals surface area contributed by atoms with Crippen LogP contribution in [0.2, 0.25) is 0 Å². The number of halogens is 1. The van der Waals surface area contributed by atoms with Gasteiger partial charge in [0.05, 0.1) is 6.10 Å². The lowest BCUT2D eigenvalue weighted by molar-refractivity contribution is -0.0268. The highest BCUT2D eigenvalue weighted by Crippen LogP contribution is 2.44. The molecule has 0 saturated heterocycles. The first-order valence-corrected chi connectivity index (χ1v) is 7.56. The minimum atomic E-state index is -0.413. The zero-order valence-electron chi connectivity index (χ0n) is 11.1. The van der Waals surface area contributed by atoms with Crippen LogP contribution >= 0.6 is 15.9 Å². The van der Waals surface area contributed by atoms with Crippen LogP contribution in [0.5, 0.6) is 5.75 Å². The van der Waals surface area contributed by atoms with Crippen LogP contribution in [0.25, 0.3) is 0 Å². The first-order chi connectivity index (χ1) is 8.60. The molecule has 0 saturated carbocycles. The third-order valence-corrected chi connectivity index (χ3v) is 4.13. The number of ether oxygens (including phenoxy) is 1. The first kappa shape index (κ1) is 13.9. The largest absolute Gasteiger partial charge is 0.487 e. The fourth-order valence-electron chi connectivity index (χ4n) is 2.95. The minimum Gasteiger partial charge on any atom is -0.487 e. The Morgan fingerprint density at radius 3 is 2.61 bits per heavy atom. The smallest absolute Gasteiger partial charge is 0.126 e. The van der Waals surface area contributed by atoms with Gasteiger partial charge in [0.1, 0.15) is 11.4 Å². The summed E-state index contributed by atoms with van der Waals surface area (Å²) in [7, 11) is 0. The Kier molecular flexibility index (Phi) is 4.33. The lowest BCUT2D eigenvalue weighted by Crippen LogP contribution is -2.41. The maximum atomic E-state index is 10.4. The van der Waals surface area contributed by atoms with Gasteiger partial charge in [0.25, 0.3) is 0 Å². The van der Waals surface area contributed by atoms with Crippen molar-refractivity contribution in [2.75, 3.05) is 0 Å². The summed E-state index contributed by atoms with van der Waals surface area (Å²) in [6.07, 6.45) is 4.47. The molecule has 1 N–H and O–H groups in total. The van der Waals surface area contributed by atoms with E-state index in [0.717, 1.165) is 41.5 Å². The molecule has 0 aromatic heterocycles. The van der Waals surface area contributed by atoms with Crippen molar-refractivity contribution in [2.24, 2.45) is 0 Å². The molecule has 1 unspecified atom stereocenters. The summed E-state index contributed by atoms with van der Waals surface area (Å²) in [6.45, 7) is 4.34. The van der Waals surface area contributed by atoms with E-state index < -0.39 is 6.10 Å². The van der Waals surface area contributed by atoms with E-state index in [0.29, 0.717) is 6.42 Å². The van der Waals surface area contributed by atoms with Gasteiger partial charge in [0, 0.05) is 16.5 Å². The molecule has 1 aromatic carbocycles. The molecule has 0 radical (unpaired) electrons. The molecule has 1 aliphatic heterocycles. The third kappa shape index (κ3) is 2.72. The zero-order chi connectivity index (χ0) is 13.2. The van der Waals surface area contributed by atoms with E-state index in [1.165, 1.54) is 0 Å². The van der Waals surface area contributed by atoms with Crippen molar-refractivity contribution in [1.29, 1.82) is 0 Å². The minimum absolute atomic E-state index is 0.177. The molecule has 0 fully saturated rings. The molecule has 3 heteroatoms. The maximum Gasteiger partial charge on any atom is 0.126 e. The van der Waals surface area contributed by atoms with Gasteiger partial charge >= 0.3 is 0 Å². The SMILES string of the molecule is CCCC1(CCC)CC(O)c2cc(Br)ccc2O1. The van der Waals surface area contributed by atoms with Gasteiger partial charge in [-0.1, -0.05) is 42.6 Å². The molecule has 0 bridgehead atoms. The van der Waals surface area contributed by atoms with Crippen LogP contribution in [0.1, 0.15) is 57.6 Å². The van der Waals surface area contributed by atoms with Crippen molar-refractivity contribution in [1.82, 2.24) is 0 Å². The average molecular weight is 313 g/mol. The van der Waals surface area contributed by atoms with Crippen LogP contribution in [0.15, 0.2) is 22.7 Å². The highest BCUT2D eigenvalue weighted by molar-refractivity contribution is 9.10. The second-order valence-electron chi connectivity index (χ2n) is 5.19. The Morgan fingerprint density at radius 1 is 1.33 bits per heavy atom. The third-order valence-electron chi connectivity index (χ3n) is 3.63. The van der Waals surface area contributed by atoms with Crippen LogP contribution in [0.4, 0.5) is 0 Å². The van der Waals surface area contributed by atoms with Gasteiger partial charge in [-0.2, -0.15) is 0 Å². The molecule has 1 heterocycles. The van der Waals surface area contributed by atoms with E-state index in [-0.39, 0.29) is 5.60 Å². The number of benzene rings is 1. The lowest BCUT2D eigenvalue weighted by atomic mass is 9.82. The molecule has 0 amide bonds. The number of fused-ring (bicyclic) bond motifs is 1. The Hall–Kier alpha value is -0.540. The Labute approximate surface area is 117 Å². The summed E-state index contributed by atoms with van der Waals surface area (Å²) in [5.41, 5.74) is 0.733. The average Bonchev–Trinajstić information content (AvgIpc) is 2.31. The van der Waals surface area contributed by atoms with Crippen molar-refractivity contribution in [2.45, 2.75) is 57.7 Å². The van der Waals surface area contributed by atoms with Gasteiger partial charge in [-0.25, -0.2) is 0 Å². The Bertz CT molecular complexity index is 411. The summed E-state index contributed by atoms with van der Waals surface area (Å²) in [5, 5.41) is 10.4. The molecule has 2 rings (SSSR count). The number of aliphatic hydroxyl groups is 1. The van der Waals surface area contributed by atoms with Crippen molar-refractivity contribution < 1.29 is 9.84 Å². The van der Waals surface area contributed by atoms with E-state index in [9.17, 15) is 5.11 Å². The summed E-state index contributed by atoms with van der Waals surface area (Å²) in [5.74, 6) is 0.846. The molecule has 1 aliphatic rings. The van der Waals surface area contributed by atoms with Crippen LogP contribution < -0.4 is 4.74 Å². The molecule has 0 spiro atoms. The van der Waals surface area contributed by atoms with E-state index in [1.807, 2.05) is 18.2 Å². The summed E-state index contributed by atoms with van der Waals surface area (Å²) < 4.78 is 7.23. The second-order valence-corrected chi connectivity index (χ2v) is 6.10. The van der Waals surface area contributed by atoms with E-state index in [1.54, 1.807) is 0 Å². The Balaban J connectivity index is 2.32. The van der Waals surface area contributed by atoms with Gasteiger partial charge < -0.3 is 9.84 Å². The van der Waals surface area contributed by atoms with E-state index >= 15 is 0 Å². The maximum absolute atomic E-state index is 10.4. The van der Waals surface area contributed by atoms with Crippen LogP contribution in [0, 0.1) is 0 Å². The van der Waals surface area contributed by atoms with Crippen LogP contribution in [-0.4, -0.2) is 10.7 Å². The van der Waals surface area contributed by atoms with Gasteiger partial charge in [0.2, 0.25) is 0 Å². The predicted molar refractivity (Wildman–Crippen MR) is 76.9 cm³/mol.